The van der Waals surface area contributed by atoms with Crippen molar-refractivity contribution in [3.8, 4) is 0 Å². The molecule has 0 radical (unpaired) electrons. The fraction of sp³-hybridized carbons (Fsp3) is 0.524. The smallest absolute Gasteiger partial charge is 0.410 e. The molecule has 8 nitrogen and oxygen atoms in total. The van der Waals surface area contributed by atoms with Crippen LogP contribution in [0.3, 0.4) is 0 Å². The lowest BCUT2D eigenvalue weighted by Gasteiger charge is -2.29. The summed E-state index contributed by atoms with van der Waals surface area (Å²) in [7, 11) is -3.84. The van der Waals surface area contributed by atoms with Gasteiger partial charge in [0.15, 0.2) is 0 Å². The zero-order chi connectivity index (χ0) is 22.5. The van der Waals surface area contributed by atoms with Crippen LogP contribution in [0.25, 0.3) is 10.8 Å². The highest BCUT2D eigenvalue weighted by Crippen LogP contribution is 2.25. The van der Waals surface area contributed by atoms with Crippen molar-refractivity contribution in [1.82, 2.24) is 14.6 Å². The Morgan fingerprint density at radius 3 is 2.63 bits per heavy atom. The number of nitrogens with one attached hydrogen (secondary N) is 1. The van der Waals surface area contributed by atoms with Crippen LogP contribution in [0.2, 0.25) is 0 Å². The highest BCUT2D eigenvalue weighted by molar-refractivity contribution is 7.89. The predicted octanol–water partition coefficient (Wildman–Crippen LogP) is 2.83. The van der Waals surface area contributed by atoms with Crippen LogP contribution in [0.15, 0.2) is 35.5 Å². The van der Waals surface area contributed by atoms with Crippen LogP contribution >= 0.6 is 0 Å². The molecule has 1 aromatic carbocycles. The van der Waals surface area contributed by atoms with Crippen molar-refractivity contribution in [2.75, 3.05) is 19.7 Å². The number of sulfonamides is 1. The van der Waals surface area contributed by atoms with Crippen LogP contribution in [0.5, 0.6) is 0 Å². The molecule has 9 heteroatoms. The Balaban J connectivity index is 2.22. The lowest BCUT2D eigenvalue weighted by atomic mass is 10.1. The quantitative estimate of drug-likeness (QED) is 0.657. The molecule has 0 bridgehead atoms. The monoisotopic (exact) mass is 437 g/mol. The van der Waals surface area contributed by atoms with E-state index in [-0.39, 0.29) is 24.6 Å². The molecule has 2 rings (SSSR count). The number of amides is 1. The number of fused-ring (bicyclic) bond motifs is 1. The van der Waals surface area contributed by atoms with Gasteiger partial charge in [-0.2, -0.15) is 0 Å². The number of pyridine rings is 1. The van der Waals surface area contributed by atoms with Crippen molar-refractivity contribution in [3.05, 3.63) is 36.2 Å². The van der Waals surface area contributed by atoms with E-state index < -0.39 is 27.8 Å². The van der Waals surface area contributed by atoms with E-state index in [1.807, 2.05) is 13.0 Å². The number of nitrogens with zero attached hydrogens (tertiary/aromatic N) is 2. The summed E-state index contributed by atoms with van der Waals surface area (Å²) in [6.07, 6.45) is 3.08. The number of aryl methyl sites for hydroxylation is 1. The summed E-state index contributed by atoms with van der Waals surface area (Å²) in [4.78, 5) is 18.2. The van der Waals surface area contributed by atoms with E-state index in [1.54, 1.807) is 52.2 Å². The second-order valence-corrected chi connectivity index (χ2v) is 10.0. The number of hydrogen-bond acceptors (Lipinski definition) is 6. The highest BCUT2D eigenvalue weighted by Gasteiger charge is 2.26. The van der Waals surface area contributed by atoms with Gasteiger partial charge in [0, 0.05) is 48.9 Å². The van der Waals surface area contributed by atoms with Gasteiger partial charge in [-0.3, -0.25) is 4.98 Å². The summed E-state index contributed by atoms with van der Waals surface area (Å²) in [5.74, 6) is 0. The maximum atomic E-state index is 13.1. The van der Waals surface area contributed by atoms with Crippen molar-refractivity contribution >= 4 is 26.9 Å². The molecule has 1 unspecified atom stereocenters. The minimum absolute atomic E-state index is 0.0806. The number of benzene rings is 1. The van der Waals surface area contributed by atoms with Crippen LogP contribution in [0.4, 0.5) is 4.79 Å². The van der Waals surface area contributed by atoms with Gasteiger partial charge in [0.05, 0.1) is 4.90 Å². The Hall–Kier alpha value is -2.23. The number of rotatable bonds is 8. The van der Waals surface area contributed by atoms with Gasteiger partial charge in [0.2, 0.25) is 10.0 Å². The van der Waals surface area contributed by atoms with Gasteiger partial charge >= 0.3 is 6.09 Å². The Morgan fingerprint density at radius 1 is 1.30 bits per heavy atom. The number of aromatic nitrogens is 1. The van der Waals surface area contributed by atoms with E-state index in [0.717, 1.165) is 10.9 Å². The molecule has 166 valence electrons. The fourth-order valence-electron chi connectivity index (χ4n) is 3.14. The number of aliphatic hydroxyl groups excluding tert-OH is 1. The number of carbonyl (C=O) groups excluding carboxylic acids is 1. The van der Waals surface area contributed by atoms with E-state index in [9.17, 15) is 13.2 Å². The van der Waals surface area contributed by atoms with Crippen molar-refractivity contribution in [2.24, 2.45) is 0 Å². The van der Waals surface area contributed by atoms with Crippen LogP contribution in [-0.2, 0) is 14.8 Å². The van der Waals surface area contributed by atoms with E-state index in [2.05, 4.69) is 9.71 Å². The van der Waals surface area contributed by atoms with Gasteiger partial charge in [0.1, 0.15) is 5.60 Å². The summed E-state index contributed by atoms with van der Waals surface area (Å²) >= 11 is 0. The zero-order valence-electron chi connectivity index (χ0n) is 18.2. The molecule has 0 saturated carbocycles. The molecule has 0 aliphatic carbocycles. The van der Waals surface area contributed by atoms with E-state index in [0.29, 0.717) is 11.8 Å². The Labute approximate surface area is 178 Å². The van der Waals surface area contributed by atoms with Crippen LogP contribution in [0, 0.1) is 6.92 Å². The van der Waals surface area contributed by atoms with Crippen molar-refractivity contribution < 1.29 is 23.1 Å². The first-order valence-corrected chi connectivity index (χ1v) is 11.4. The molecule has 30 heavy (non-hydrogen) atoms. The molecular formula is C21H31N3O5S. The number of ether oxygens (including phenoxy) is 1. The maximum Gasteiger partial charge on any atom is 0.410 e. The van der Waals surface area contributed by atoms with E-state index in [1.165, 1.54) is 4.90 Å². The normalized spacial score (nSPS) is 13.3. The maximum absolute atomic E-state index is 13.1. The average Bonchev–Trinajstić information content (AvgIpc) is 2.63. The molecule has 0 spiro atoms. The Kier molecular flexibility index (Phi) is 7.79. The number of hydrogen-bond donors (Lipinski definition) is 2. The standard InChI is InChI=1S/C21H31N3O5S/c1-15-12-22-13-17-8-6-9-18(19(15)17)30(27,28)23-16(2)14-24(10-7-11-25)20(26)29-21(3,4)5/h6,8-9,12-13,16,23,25H,7,10-11,14H2,1-5H3. The van der Waals surface area contributed by atoms with E-state index >= 15 is 0 Å². The molecule has 1 atom stereocenters. The second-order valence-electron chi connectivity index (χ2n) is 8.34. The lowest BCUT2D eigenvalue weighted by molar-refractivity contribution is 0.0229. The van der Waals surface area contributed by atoms with Gasteiger partial charge < -0.3 is 14.7 Å². The molecule has 0 saturated heterocycles. The molecule has 2 aromatic rings. The minimum Gasteiger partial charge on any atom is -0.444 e. The molecule has 0 aliphatic heterocycles. The first-order valence-electron chi connectivity index (χ1n) is 9.89. The second kappa shape index (κ2) is 9.72. The van der Waals surface area contributed by atoms with Crippen molar-refractivity contribution in [2.45, 2.75) is 57.6 Å². The minimum atomic E-state index is -3.84. The van der Waals surface area contributed by atoms with Crippen LogP contribution in [-0.4, -0.2) is 60.8 Å². The first kappa shape index (κ1) is 24.0. The third-order valence-electron chi connectivity index (χ3n) is 4.31. The summed E-state index contributed by atoms with van der Waals surface area (Å²) in [6.45, 7) is 9.08. The fourth-order valence-corrected chi connectivity index (χ4v) is 4.67. The summed E-state index contributed by atoms with van der Waals surface area (Å²) < 4.78 is 34.3. The van der Waals surface area contributed by atoms with Gasteiger partial charge in [-0.1, -0.05) is 12.1 Å². The molecule has 1 amide bonds. The molecule has 2 N–H and O–H groups in total. The Bertz CT molecular complexity index is 981. The molecule has 1 aromatic heterocycles. The summed E-state index contributed by atoms with van der Waals surface area (Å²) in [6, 6.07) is 4.48. The molecule has 0 aliphatic rings. The molecular weight excluding hydrogens is 406 g/mol. The van der Waals surface area contributed by atoms with Crippen LogP contribution < -0.4 is 4.72 Å². The predicted molar refractivity (Wildman–Crippen MR) is 116 cm³/mol. The molecule has 0 fully saturated rings. The van der Waals surface area contributed by atoms with Gasteiger partial charge in [0.25, 0.3) is 0 Å². The third-order valence-corrected chi connectivity index (χ3v) is 5.94. The zero-order valence-corrected chi connectivity index (χ0v) is 19.0. The lowest BCUT2D eigenvalue weighted by Crippen LogP contribution is -2.46. The average molecular weight is 438 g/mol. The Morgan fingerprint density at radius 2 is 2.00 bits per heavy atom. The van der Waals surface area contributed by atoms with Gasteiger partial charge in [-0.15, -0.1) is 0 Å². The number of carbonyl (C=O) groups is 1. The highest BCUT2D eigenvalue weighted by atomic mass is 32.2. The SMILES string of the molecule is Cc1cncc2cccc(S(=O)(=O)NC(C)CN(CCCO)C(=O)OC(C)(C)C)c12. The third kappa shape index (κ3) is 6.38. The van der Waals surface area contributed by atoms with Crippen LogP contribution in [0.1, 0.15) is 39.7 Å². The van der Waals surface area contributed by atoms with Gasteiger partial charge in [-0.25, -0.2) is 17.9 Å². The summed E-state index contributed by atoms with van der Waals surface area (Å²) in [5, 5.41) is 10.5. The van der Waals surface area contributed by atoms with Gasteiger partial charge in [-0.05, 0) is 52.7 Å². The van der Waals surface area contributed by atoms with Crippen molar-refractivity contribution in [3.63, 3.8) is 0 Å². The molecule has 1 heterocycles. The topological polar surface area (TPSA) is 109 Å². The summed E-state index contributed by atoms with van der Waals surface area (Å²) in [5.41, 5.74) is 0.0886. The first-order chi connectivity index (χ1) is 13.9. The van der Waals surface area contributed by atoms with E-state index in [4.69, 9.17) is 9.84 Å². The number of aliphatic hydroxyl groups is 1. The van der Waals surface area contributed by atoms with Crippen molar-refractivity contribution in [1.29, 1.82) is 0 Å². The largest absolute Gasteiger partial charge is 0.444 e.